The lowest BCUT2D eigenvalue weighted by atomic mass is 9.96. The fourth-order valence-electron chi connectivity index (χ4n) is 2.29. The zero-order valence-corrected chi connectivity index (χ0v) is 11.9. The maximum atomic E-state index is 13.5. The maximum absolute atomic E-state index is 13.5. The lowest BCUT2D eigenvalue weighted by Crippen LogP contribution is -1.96. The Kier molecular flexibility index (Phi) is 4.11. The number of benzene rings is 2. The zero-order valence-electron chi connectivity index (χ0n) is 11.1. The van der Waals surface area contributed by atoms with Crippen LogP contribution >= 0.6 is 11.6 Å². The molecule has 1 nitrogen and oxygen atoms in total. The first kappa shape index (κ1) is 13.9. The monoisotopic (exact) mass is 277 g/mol. The van der Waals surface area contributed by atoms with Gasteiger partial charge in [0, 0.05) is 5.56 Å². The molecule has 0 amide bonds. The normalized spacial score (nSPS) is 10.7. The minimum Gasteiger partial charge on any atom is -0.397 e. The highest BCUT2D eigenvalue weighted by molar-refractivity contribution is 6.33. The predicted octanol–water partition coefficient (Wildman–Crippen LogP) is 4.85. The molecule has 2 aromatic carbocycles. The van der Waals surface area contributed by atoms with E-state index in [9.17, 15) is 4.39 Å². The molecule has 0 atom stereocenters. The van der Waals surface area contributed by atoms with Crippen LogP contribution in [-0.2, 0) is 12.8 Å². The SMILES string of the molecule is CCc1ccc(-c2cc(F)cc(Cl)c2N)cc1CC. The van der Waals surface area contributed by atoms with Crippen molar-refractivity contribution in [3.8, 4) is 11.1 Å². The van der Waals surface area contributed by atoms with Gasteiger partial charge < -0.3 is 5.73 Å². The summed E-state index contributed by atoms with van der Waals surface area (Å²) >= 11 is 5.94. The Morgan fingerprint density at radius 3 is 2.37 bits per heavy atom. The molecule has 0 heterocycles. The van der Waals surface area contributed by atoms with Crippen molar-refractivity contribution in [1.29, 1.82) is 0 Å². The molecule has 2 N–H and O–H groups in total. The Balaban J connectivity index is 2.59. The summed E-state index contributed by atoms with van der Waals surface area (Å²) < 4.78 is 13.5. The van der Waals surface area contributed by atoms with Gasteiger partial charge in [0.25, 0.3) is 0 Å². The number of hydrogen-bond donors (Lipinski definition) is 1. The number of rotatable bonds is 3. The van der Waals surface area contributed by atoms with E-state index in [0.717, 1.165) is 18.4 Å². The Labute approximate surface area is 118 Å². The van der Waals surface area contributed by atoms with Gasteiger partial charge in [0.15, 0.2) is 0 Å². The third-order valence-electron chi connectivity index (χ3n) is 3.37. The molecular formula is C16H17ClFN. The summed E-state index contributed by atoms with van der Waals surface area (Å²) in [7, 11) is 0. The van der Waals surface area contributed by atoms with Gasteiger partial charge >= 0.3 is 0 Å². The van der Waals surface area contributed by atoms with Crippen molar-refractivity contribution in [3.05, 3.63) is 52.3 Å². The summed E-state index contributed by atoms with van der Waals surface area (Å²) in [5.41, 5.74) is 10.5. The van der Waals surface area contributed by atoms with Gasteiger partial charge in [-0.15, -0.1) is 0 Å². The molecular weight excluding hydrogens is 261 g/mol. The van der Waals surface area contributed by atoms with Crippen LogP contribution in [0, 0.1) is 5.82 Å². The fraction of sp³-hybridized carbons (Fsp3) is 0.250. The number of hydrogen-bond acceptors (Lipinski definition) is 1. The minimum absolute atomic E-state index is 0.257. The molecule has 0 aliphatic carbocycles. The van der Waals surface area contributed by atoms with Crippen LogP contribution in [0.5, 0.6) is 0 Å². The largest absolute Gasteiger partial charge is 0.397 e. The fourth-order valence-corrected chi connectivity index (χ4v) is 2.50. The van der Waals surface area contributed by atoms with Crippen LogP contribution < -0.4 is 5.73 Å². The average molecular weight is 278 g/mol. The standard InChI is InChI=1S/C16H17ClFN/c1-3-10-5-6-12(7-11(10)4-2)14-8-13(18)9-15(17)16(14)19/h5-9H,3-4,19H2,1-2H3. The first-order valence-electron chi connectivity index (χ1n) is 6.43. The Bertz CT molecular complexity index is 608. The molecule has 0 saturated carbocycles. The number of anilines is 1. The van der Waals surface area contributed by atoms with E-state index in [1.807, 2.05) is 6.07 Å². The van der Waals surface area contributed by atoms with Gasteiger partial charge in [-0.3, -0.25) is 0 Å². The van der Waals surface area contributed by atoms with E-state index >= 15 is 0 Å². The van der Waals surface area contributed by atoms with Crippen molar-refractivity contribution in [1.82, 2.24) is 0 Å². The van der Waals surface area contributed by atoms with Crippen molar-refractivity contribution in [3.63, 3.8) is 0 Å². The Morgan fingerprint density at radius 2 is 1.74 bits per heavy atom. The van der Waals surface area contributed by atoms with Crippen LogP contribution in [0.4, 0.5) is 10.1 Å². The lowest BCUT2D eigenvalue weighted by molar-refractivity contribution is 0.628. The summed E-state index contributed by atoms with van der Waals surface area (Å²) in [4.78, 5) is 0. The molecule has 100 valence electrons. The van der Waals surface area contributed by atoms with Crippen LogP contribution in [0.25, 0.3) is 11.1 Å². The third-order valence-corrected chi connectivity index (χ3v) is 3.69. The second-order valence-corrected chi connectivity index (χ2v) is 4.95. The molecule has 2 aromatic rings. The lowest BCUT2D eigenvalue weighted by Gasteiger charge is -2.12. The van der Waals surface area contributed by atoms with Crippen molar-refractivity contribution >= 4 is 17.3 Å². The van der Waals surface area contributed by atoms with Crippen molar-refractivity contribution in [2.45, 2.75) is 26.7 Å². The van der Waals surface area contributed by atoms with Gasteiger partial charge in [-0.05, 0) is 41.7 Å². The highest BCUT2D eigenvalue weighted by Gasteiger charge is 2.10. The quantitative estimate of drug-likeness (QED) is 0.797. The first-order valence-corrected chi connectivity index (χ1v) is 6.81. The van der Waals surface area contributed by atoms with E-state index in [1.54, 1.807) is 0 Å². The van der Waals surface area contributed by atoms with E-state index < -0.39 is 0 Å². The van der Waals surface area contributed by atoms with Gasteiger partial charge in [0.05, 0.1) is 10.7 Å². The molecule has 0 aliphatic rings. The van der Waals surface area contributed by atoms with E-state index in [0.29, 0.717) is 11.3 Å². The average Bonchev–Trinajstić information content (AvgIpc) is 2.42. The second-order valence-electron chi connectivity index (χ2n) is 4.54. The molecule has 0 saturated heterocycles. The summed E-state index contributed by atoms with van der Waals surface area (Å²) in [5, 5.41) is 0.257. The van der Waals surface area contributed by atoms with Crippen LogP contribution in [0.2, 0.25) is 5.02 Å². The summed E-state index contributed by atoms with van der Waals surface area (Å²) in [6, 6.07) is 8.79. The highest BCUT2D eigenvalue weighted by atomic mass is 35.5. The number of halogens is 2. The van der Waals surface area contributed by atoms with Gasteiger partial charge in [-0.2, -0.15) is 0 Å². The number of nitrogen functional groups attached to an aromatic ring is 1. The molecule has 0 aliphatic heterocycles. The predicted molar refractivity (Wildman–Crippen MR) is 80.0 cm³/mol. The van der Waals surface area contributed by atoms with E-state index in [-0.39, 0.29) is 10.8 Å². The van der Waals surface area contributed by atoms with Gasteiger partial charge in [0.1, 0.15) is 5.82 Å². The smallest absolute Gasteiger partial charge is 0.125 e. The Morgan fingerprint density at radius 1 is 1.05 bits per heavy atom. The van der Waals surface area contributed by atoms with E-state index in [1.165, 1.54) is 23.3 Å². The van der Waals surface area contributed by atoms with Crippen LogP contribution in [0.15, 0.2) is 30.3 Å². The molecule has 3 heteroatoms. The van der Waals surface area contributed by atoms with Crippen LogP contribution in [-0.4, -0.2) is 0 Å². The van der Waals surface area contributed by atoms with Crippen molar-refractivity contribution < 1.29 is 4.39 Å². The van der Waals surface area contributed by atoms with Crippen molar-refractivity contribution in [2.75, 3.05) is 5.73 Å². The van der Waals surface area contributed by atoms with Crippen LogP contribution in [0.1, 0.15) is 25.0 Å². The zero-order chi connectivity index (χ0) is 14.0. The van der Waals surface area contributed by atoms with E-state index in [4.69, 9.17) is 17.3 Å². The number of nitrogens with two attached hydrogens (primary N) is 1. The molecule has 0 radical (unpaired) electrons. The van der Waals surface area contributed by atoms with Crippen molar-refractivity contribution in [2.24, 2.45) is 0 Å². The molecule has 19 heavy (non-hydrogen) atoms. The van der Waals surface area contributed by atoms with Crippen LogP contribution in [0.3, 0.4) is 0 Å². The summed E-state index contributed by atoms with van der Waals surface area (Å²) in [6.45, 7) is 4.24. The second kappa shape index (κ2) is 5.62. The molecule has 0 spiro atoms. The van der Waals surface area contributed by atoms with Gasteiger partial charge in [-0.1, -0.05) is 43.6 Å². The Hall–Kier alpha value is -1.54. The molecule has 0 aromatic heterocycles. The maximum Gasteiger partial charge on any atom is 0.125 e. The minimum atomic E-state index is -0.369. The van der Waals surface area contributed by atoms with E-state index in [2.05, 4.69) is 26.0 Å². The number of aryl methyl sites for hydroxylation is 2. The van der Waals surface area contributed by atoms with Gasteiger partial charge in [0.2, 0.25) is 0 Å². The molecule has 0 bridgehead atoms. The molecule has 0 unspecified atom stereocenters. The first-order chi connectivity index (χ1) is 9.06. The highest BCUT2D eigenvalue weighted by Crippen LogP contribution is 2.33. The molecule has 2 rings (SSSR count). The summed E-state index contributed by atoms with van der Waals surface area (Å²) in [5.74, 6) is -0.369. The third kappa shape index (κ3) is 2.74. The summed E-state index contributed by atoms with van der Waals surface area (Å²) in [6.07, 6.45) is 1.93. The molecule has 0 fully saturated rings. The van der Waals surface area contributed by atoms with Gasteiger partial charge in [-0.25, -0.2) is 4.39 Å². The topological polar surface area (TPSA) is 26.0 Å².